The molecular formula is C39H33N5O3S2. The third-order valence-corrected chi connectivity index (χ3v) is 10.4. The highest BCUT2D eigenvalue weighted by Gasteiger charge is 2.28. The van der Waals surface area contributed by atoms with Crippen molar-refractivity contribution in [2.24, 2.45) is 0 Å². The van der Waals surface area contributed by atoms with Gasteiger partial charge in [0.25, 0.3) is 11.8 Å². The molecule has 2 heterocycles. The molecule has 0 aliphatic heterocycles. The molecule has 0 fully saturated rings. The number of hydrogen-bond donors (Lipinski definition) is 3. The van der Waals surface area contributed by atoms with Crippen LogP contribution in [-0.4, -0.2) is 28.0 Å². The summed E-state index contributed by atoms with van der Waals surface area (Å²) in [5.74, 6) is -0.746. The summed E-state index contributed by atoms with van der Waals surface area (Å²) in [6.07, 6.45) is 7.41. The summed E-state index contributed by atoms with van der Waals surface area (Å²) in [4.78, 5) is 45.8. The molecule has 3 amide bonds. The highest BCUT2D eigenvalue weighted by Crippen LogP contribution is 2.42. The van der Waals surface area contributed by atoms with Gasteiger partial charge in [-0.15, -0.1) is 23.1 Å². The molecule has 0 saturated heterocycles. The number of nitriles is 1. The van der Waals surface area contributed by atoms with Crippen LogP contribution in [0.3, 0.4) is 0 Å². The van der Waals surface area contributed by atoms with Gasteiger partial charge in [-0.3, -0.25) is 19.4 Å². The van der Waals surface area contributed by atoms with Gasteiger partial charge in [0.2, 0.25) is 5.91 Å². The first-order valence-electron chi connectivity index (χ1n) is 15.8. The van der Waals surface area contributed by atoms with E-state index < -0.39 is 17.1 Å². The molecule has 0 radical (unpaired) electrons. The Morgan fingerprint density at radius 3 is 2.49 bits per heavy atom. The van der Waals surface area contributed by atoms with Crippen LogP contribution < -0.4 is 16.0 Å². The van der Waals surface area contributed by atoms with Gasteiger partial charge in [0.15, 0.2) is 0 Å². The third kappa shape index (κ3) is 8.33. The third-order valence-electron chi connectivity index (χ3n) is 8.18. The molecule has 2 aromatic heterocycles. The van der Waals surface area contributed by atoms with E-state index in [1.54, 1.807) is 73.1 Å². The average Bonchev–Trinajstić information content (AvgIpc) is 3.48. The predicted molar refractivity (Wildman–Crippen MR) is 195 cm³/mol. The number of anilines is 2. The Bertz CT molecular complexity index is 2040. The molecule has 49 heavy (non-hydrogen) atoms. The Morgan fingerprint density at radius 2 is 1.76 bits per heavy atom. The van der Waals surface area contributed by atoms with Crippen molar-refractivity contribution in [2.45, 2.75) is 42.2 Å². The SMILES string of the molecule is CC(Sc1cccc(NC(=O)/C(=C/c2cccnc2)NC(=O)c2ccccc2)c1)C(=O)Nc1sc2c(c1C#N)CCC(c1ccccc1)C2. The van der Waals surface area contributed by atoms with Crippen molar-refractivity contribution >= 4 is 57.6 Å². The number of rotatable bonds is 10. The van der Waals surface area contributed by atoms with E-state index in [1.165, 1.54) is 28.7 Å². The number of thiophene rings is 1. The number of aromatic nitrogens is 1. The highest BCUT2D eigenvalue weighted by atomic mass is 32.2. The molecule has 0 saturated carbocycles. The summed E-state index contributed by atoms with van der Waals surface area (Å²) in [5.41, 5.74) is 4.53. The van der Waals surface area contributed by atoms with Crippen LogP contribution in [0.4, 0.5) is 10.7 Å². The van der Waals surface area contributed by atoms with Crippen LogP contribution in [-0.2, 0) is 22.4 Å². The predicted octanol–water partition coefficient (Wildman–Crippen LogP) is 7.82. The zero-order valence-corrected chi connectivity index (χ0v) is 28.3. The summed E-state index contributed by atoms with van der Waals surface area (Å²) in [7, 11) is 0. The summed E-state index contributed by atoms with van der Waals surface area (Å²) in [6, 6.07) is 32.1. The lowest BCUT2D eigenvalue weighted by Gasteiger charge is -2.22. The van der Waals surface area contributed by atoms with Gasteiger partial charge in [-0.05, 0) is 91.3 Å². The smallest absolute Gasteiger partial charge is 0.272 e. The van der Waals surface area contributed by atoms with E-state index in [0.29, 0.717) is 33.3 Å². The molecule has 10 heteroatoms. The molecule has 244 valence electrons. The van der Waals surface area contributed by atoms with Gasteiger partial charge in [-0.1, -0.05) is 60.7 Å². The first-order chi connectivity index (χ1) is 23.9. The van der Waals surface area contributed by atoms with Gasteiger partial charge in [0.05, 0.1) is 10.8 Å². The van der Waals surface area contributed by atoms with Crippen molar-refractivity contribution in [2.75, 3.05) is 10.6 Å². The summed E-state index contributed by atoms with van der Waals surface area (Å²) in [5, 5.41) is 18.7. The molecule has 5 aromatic rings. The Balaban J connectivity index is 1.12. The lowest BCUT2D eigenvalue weighted by Crippen LogP contribution is -2.30. The van der Waals surface area contributed by atoms with E-state index in [2.05, 4.69) is 51.3 Å². The van der Waals surface area contributed by atoms with Crippen molar-refractivity contribution in [3.8, 4) is 6.07 Å². The quantitative estimate of drug-likeness (QED) is 0.102. The lowest BCUT2D eigenvalue weighted by atomic mass is 9.83. The molecule has 1 aliphatic carbocycles. The second-order valence-electron chi connectivity index (χ2n) is 11.6. The molecule has 3 N–H and O–H groups in total. The van der Waals surface area contributed by atoms with Gasteiger partial charge in [0, 0.05) is 33.4 Å². The number of nitrogens with one attached hydrogen (secondary N) is 3. The van der Waals surface area contributed by atoms with Crippen molar-refractivity contribution in [3.63, 3.8) is 0 Å². The number of fused-ring (bicyclic) bond motifs is 1. The normalized spacial score (nSPS) is 14.5. The molecule has 0 bridgehead atoms. The number of benzene rings is 3. The number of nitrogens with zero attached hydrogens (tertiary/aromatic N) is 2. The number of amides is 3. The molecule has 2 atom stereocenters. The largest absolute Gasteiger partial charge is 0.321 e. The van der Waals surface area contributed by atoms with Crippen LogP contribution in [0.15, 0.2) is 120 Å². The van der Waals surface area contributed by atoms with E-state index in [1.807, 2.05) is 25.1 Å². The van der Waals surface area contributed by atoms with E-state index in [4.69, 9.17) is 0 Å². The molecule has 2 unspecified atom stereocenters. The van der Waals surface area contributed by atoms with Crippen molar-refractivity contribution in [1.29, 1.82) is 5.26 Å². The van der Waals surface area contributed by atoms with Gasteiger partial charge in [-0.2, -0.15) is 5.26 Å². The maximum absolute atomic E-state index is 13.5. The summed E-state index contributed by atoms with van der Waals surface area (Å²) in [6.45, 7) is 1.81. The summed E-state index contributed by atoms with van der Waals surface area (Å²) >= 11 is 2.84. The Morgan fingerprint density at radius 1 is 0.980 bits per heavy atom. The van der Waals surface area contributed by atoms with E-state index in [9.17, 15) is 19.6 Å². The van der Waals surface area contributed by atoms with Gasteiger partial charge in [0.1, 0.15) is 16.8 Å². The van der Waals surface area contributed by atoms with Crippen molar-refractivity contribution in [3.05, 3.63) is 148 Å². The molecular weight excluding hydrogens is 651 g/mol. The second kappa shape index (κ2) is 15.6. The fraction of sp³-hybridized carbons (Fsp3) is 0.154. The lowest BCUT2D eigenvalue weighted by molar-refractivity contribution is -0.115. The first kappa shape index (κ1) is 33.4. The van der Waals surface area contributed by atoms with E-state index in [0.717, 1.165) is 34.6 Å². The maximum atomic E-state index is 13.5. The molecule has 1 aliphatic rings. The van der Waals surface area contributed by atoms with Gasteiger partial charge < -0.3 is 16.0 Å². The van der Waals surface area contributed by atoms with Crippen LogP contribution in [0.1, 0.15) is 56.8 Å². The standard InChI is InChI=1S/C39H33N5O3S2/c1-25(36(45)44-39-33(23-40)32-18-17-29(21-35(32)49-39)27-11-4-2-5-12-27)48-31-16-8-15-30(22-31)42-38(47)34(20-26-10-9-19-41-24-26)43-37(46)28-13-6-3-7-14-28/h2-16,19-20,22,24-25,29H,17-18,21H2,1H3,(H,42,47)(H,43,46)(H,44,45)/b34-20-. The first-order valence-corrected chi connectivity index (χ1v) is 17.5. The number of hydrogen-bond acceptors (Lipinski definition) is 7. The highest BCUT2D eigenvalue weighted by molar-refractivity contribution is 8.00. The Hall–Kier alpha value is -5.50. The minimum atomic E-state index is -0.513. The van der Waals surface area contributed by atoms with E-state index in [-0.39, 0.29) is 11.6 Å². The second-order valence-corrected chi connectivity index (χ2v) is 14.1. The fourth-order valence-electron chi connectivity index (χ4n) is 5.69. The molecule has 3 aromatic carbocycles. The van der Waals surface area contributed by atoms with Gasteiger partial charge in [-0.25, -0.2) is 0 Å². The zero-order valence-electron chi connectivity index (χ0n) is 26.7. The molecule has 6 rings (SSSR count). The Labute approximate surface area is 293 Å². The van der Waals surface area contributed by atoms with Gasteiger partial charge >= 0.3 is 0 Å². The van der Waals surface area contributed by atoms with E-state index >= 15 is 0 Å². The number of pyridine rings is 1. The minimum Gasteiger partial charge on any atom is -0.321 e. The number of carbonyl (C=O) groups excluding carboxylic acids is 3. The van der Waals surface area contributed by atoms with Crippen LogP contribution in [0.25, 0.3) is 6.08 Å². The van der Waals surface area contributed by atoms with Crippen LogP contribution in [0.2, 0.25) is 0 Å². The van der Waals surface area contributed by atoms with Crippen LogP contribution in [0, 0.1) is 11.3 Å². The maximum Gasteiger partial charge on any atom is 0.272 e. The minimum absolute atomic E-state index is 0.0506. The zero-order chi connectivity index (χ0) is 34.2. The monoisotopic (exact) mass is 683 g/mol. The fourth-order valence-corrected chi connectivity index (χ4v) is 7.90. The topological polar surface area (TPSA) is 124 Å². The number of thioether (sulfide) groups is 1. The van der Waals surface area contributed by atoms with Crippen LogP contribution in [0.5, 0.6) is 0 Å². The Kier molecular flexibility index (Phi) is 10.6. The molecule has 8 nitrogen and oxygen atoms in total. The van der Waals surface area contributed by atoms with Crippen LogP contribution >= 0.6 is 23.1 Å². The van der Waals surface area contributed by atoms with Crippen molar-refractivity contribution < 1.29 is 14.4 Å². The number of carbonyl (C=O) groups is 3. The molecule has 0 spiro atoms. The summed E-state index contributed by atoms with van der Waals surface area (Å²) < 4.78 is 0. The van der Waals surface area contributed by atoms with Crippen molar-refractivity contribution in [1.82, 2.24) is 10.3 Å². The average molecular weight is 684 g/mol.